The number of nitrogens with zero attached hydrogens (tertiary/aromatic N) is 4. The number of anilines is 1. The van der Waals surface area contributed by atoms with E-state index in [1.807, 2.05) is 23.2 Å². The van der Waals surface area contributed by atoms with Gasteiger partial charge in [0.25, 0.3) is 0 Å². The lowest BCUT2D eigenvalue weighted by Gasteiger charge is -2.33. The van der Waals surface area contributed by atoms with Gasteiger partial charge in [0.05, 0.1) is 14.2 Å². The van der Waals surface area contributed by atoms with Gasteiger partial charge in [-0.3, -0.25) is 0 Å². The minimum absolute atomic E-state index is 0.0963. The number of methoxy groups -OCH3 is 2. The molecule has 32 heavy (non-hydrogen) atoms. The molecule has 1 aliphatic heterocycles. The fourth-order valence-electron chi connectivity index (χ4n) is 4.55. The van der Waals surface area contributed by atoms with Crippen LogP contribution in [0.15, 0.2) is 36.5 Å². The molecular formula is C24H29N5O3. The topological polar surface area (TPSA) is 81.5 Å². The molecular weight excluding hydrogens is 406 g/mol. The first kappa shape index (κ1) is 20.6. The summed E-state index contributed by atoms with van der Waals surface area (Å²) in [5.74, 6) is 3.36. The maximum Gasteiger partial charge on any atom is 0.321 e. The number of hydrogen-bond donors (Lipinski definition) is 1. The molecule has 1 saturated carbocycles. The summed E-state index contributed by atoms with van der Waals surface area (Å²) in [7, 11) is 3.19. The number of benzene rings is 1. The van der Waals surface area contributed by atoms with Crippen LogP contribution in [0.3, 0.4) is 0 Å². The molecule has 5 rings (SSSR count). The number of aromatic nitrogens is 3. The maximum atomic E-state index is 13.0. The molecule has 2 fully saturated rings. The van der Waals surface area contributed by atoms with Crippen molar-refractivity contribution in [1.29, 1.82) is 0 Å². The molecule has 8 heteroatoms. The average Bonchev–Trinajstić information content (AvgIpc) is 3.61. The fourth-order valence-corrected chi connectivity index (χ4v) is 4.55. The lowest BCUT2D eigenvalue weighted by atomic mass is 9.98. The van der Waals surface area contributed by atoms with Crippen LogP contribution >= 0.6 is 0 Å². The number of likely N-dealkylation sites (tertiary alicyclic amines) is 1. The smallest absolute Gasteiger partial charge is 0.321 e. The third kappa shape index (κ3) is 4.22. The molecule has 1 N–H and O–H groups in total. The zero-order valence-electron chi connectivity index (χ0n) is 18.6. The Kier molecular flexibility index (Phi) is 5.59. The third-order valence-corrected chi connectivity index (χ3v) is 6.33. The van der Waals surface area contributed by atoms with Crippen molar-refractivity contribution in [1.82, 2.24) is 19.4 Å². The SMILES string of the molecule is COc1cc(NC(=O)N2CCCC(Cn3c(C4CC4)nc4cccnc43)C2)cc(OC)c1. The van der Waals surface area contributed by atoms with Crippen LogP contribution in [0.2, 0.25) is 0 Å². The largest absolute Gasteiger partial charge is 0.497 e. The maximum absolute atomic E-state index is 13.0. The summed E-state index contributed by atoms with van der Waals surface area (Å²) in [6.45, 7) is 2.31. The Balaban J connectivity index is 1.30. The van der Waals surface area contributed by atoms with Crippen LogP contribution in [0.25, 0.3) is 11.2 Å². The molecule has 1 unspecified atom stereocenters. The minimum Gasteiger partial charge on any atom is -0.497 e. The number of hydrogen-bond acceptors (Lipinski definition) is 5. The van der Waals surface area contributed by atoms with Crippen LogP contribution in [0.5, 0.6) is 11.5 Å². The molecule has 2 amide bonds. The van der Waals surface area contributed by atoms with Crippen LogP contribution in [-0.2, 0) is 6.54 Å². The van der Waals surface area contributed by atoms with Crippen molar-refractivity contribution in [2.24, 2.45) is 5.92 Å². The number of amides is 2. The highest BCUT2D eigenvalue weighted by Gasteiger charge is 2.32. The molecule has 0 bridgehead atoms. The van der Waals surface area contributed by atoms with E-state index in [-0.39, 0.29) is 6.03 Å². The molecule has 3 heterocycles. The number of fused-ring (bicyclic) bond motifs is 1. The van der Waals surface area contributed by atoms with Crippen LogP contribution in [0.1, 0.15) is 37.4 Å². The van der Waals surface area contributed by atoms with Crippen LogP contribution in [-0.4, -0.2) is 52.8 Å². The van der Waals surface area contributed by atoms with Gasteiger partial charge in [0.2, 0.25) is 0 Å². The Morgan fingerprint density at radius 3 is 2.66 bits per heavy atom. The molecule has 8 nitrogen and oxygen atoms in total. The summed E-state index contributed by atoms with van der Waals surface area (Å²) < 4.78 is 12.9. The van der Waals surface area contributed by atoms with Gasteiger partial charge in [-0.25, -0.2) is 14.8 Å². The highest BCUT2D eigenvalue weighted by molar-refractivity contribution is 5.90. The van der Waals surface area contributed by atoms with Gasteiger partial charge in [-0.2, -0.15) is 0 Å². The van der Waals surface area contributed by atoms with Crippen LogP contribution in [0, 0.1) is 5.92 Å². The van der Waals surface area contributed by atoms with Gasteiger partial charge in [0, 0.05) is 55.6 Å². The number of nitrogens with one attached hydrogen (secondary N) is 1. The number of ether oxygens (including phenoxy) is 2. The Hall–Kier alpha value is -3.29. The van der Waals surface area contributed by atoms with E-state index in [2.05, 4.69) is 14.9 Å². The van der Waals surface area contributed by atoms with E-state index in [1.165, 1.54) is 12.8 Å². The highest BCUT2D eigenvalue weighted by Crippen LogP contribution is 2.41. The molecule has 1 atom stereocenters. The number of piperidine rings is 1. The second kappa shape index (κ2) is 8.68. The number of carbonyl (C=O) groups is 1. The summed E-state index contributed by atoms with van der Waals surface area (Å²) in [5.41, 5.74) is 2.58. The van der Waals surface area contributed by atoms with E-state index in [9.17, 15) is 4.79 Å². The molecule has 0 radical (unpaired) electrons. The molecule has 1 aliphatic carbocycles. The molecule has 1 aromatic carbocycles. The average molecular weight is 436 g/mol. The van der Waals surface area contributed by atoms with Gasteiger partial charge in [-0.05, 0) is 43.7 Å². The minimum atomic E-state index is -0.0963. The molecule has 2 aromatic heterocycles. The zero-order valence-corrected chi connectivity index (χ0v) is 18.6. The van der Waals surface area contributed by atoms with E-state index in [4.69, 9.17) is 14.5 Å². The number of pyridine rings is 1. The third-order valence-electron chi connectivity index (χ3n) is 6.33. The van der Waals surface area contributed by atoms with Gasteiger partial charge in [-0.1, -0.05) is 0 Å². The van der Waals surface area contributed by atoms with Crippen molar-refractivity contribution in [3.8, 4) is 11.5 Å². The van der Waals surface area contributed by atoms with Crippen LogP contribution in [0.4, 0.5) is 10.5 Å². The molecule has 168 valence electrons. The van der Waals surface area contributed by atoms with Gasteiger partial charge in [0.1, 0.15) is 22.8 Å². The van der Waals surface area contributed by atoms with Crippen molar-refractivity contribution < 1.29 is 14.3 Å². The fraction of sp³-hybridized carbons (Fsp3) is 0.458. The number of rotatable bonds is 6. The van der Waals surface area contributed by atoms with Crippen molar-refractivity contribution in [2.45, 2.75) is 38.1 Å². The van der Waals surface area contributed by atoms with Gasteiger partial charge in [-0.15, -0.1) is 0 Å². The predicted molar refractivity (Wildman–Crippen MR) is 122 cm³/mol. The Morgan fingerprint density at radius 2 is 1.94 bits per heavy atom. The van der Waals surface area contributed by atoms with Gasteiger partial charge >= 0.3 is 6.03 Å². The summed E-state index contributed by atoms with van der Waals surface area (Å²) in [6, 6.07) is 9.26. The van der Waals surface area contributed by atoms with E-state index in [1.54, 1.807) is 32.4 Å². The van der Waals surface area contributed by atoms with E-state index in [0.717, 1.165) is 42.9 Å². The van der Waals surface area contributed by atoms with Crippen molar-refractivity contribution in [2.75, 3.05) is 32.6 Å². The monoisotopic (exact) mass is 435 g/mol. The Morgan fingerprint density at radius 1 is 1.16 bits per heavy atom. The normalized spacial score (nSPS) is 18.6. The summed E-state index contributed by atoms with van der Waals surface area (Å²) in [6.07, 6.45) is 6.31. The second-order valence-corrected chi connectivity index (χ2v) is 8.69. The zero-order chi connectivity index (χ0) is 22.1. The van der Waals surface area contributed by atoms with Gasteiger partial charge in [0.15, 0.2) is 5.65 Å². The molecule has 3 aromatic rings. The molecule has 1 saturated heterocycles. The number of urea groups is 1. The summed E-state index contributed by atoms with van der Waals surface area (Å²) in [4.78, 5) is 24.4. The highest BCUT2D eigenvalue weighted by atomic mass is 16.5. The van der Waals surface area contributed by atoms with Crippen molar-refractivity contribution in [3.05, 3.63) is 42.4 Å². The first-order valence-electron chi connectivity index (χ1n) is 11.2. The molecule has 2 aliphatic rings. The summed E-state index contributed by atoms with van der Waals surface area (Å²) in [5, 5.41) is 3.01. The lowest BCUT2D eigenvalue weighted by molar-refractivity contribution is 0.170. The Bertz CT molecular complexity index is 1100. The van der Waals surface area contributed by atoms with Crippen LogP contribution < -0.4 is 14.8 Å². The predicted octanol–water partition coefficient (Wildman–Crippen LogP) is 4.27. The first-order valence-corrected chi connectivity index (χ1v) is 11.2. The van der Waals surface area contributed by atoms with Gasteiger partial charge < -0.3 is 24.3 Å². The number of carbonyl (C=O) groups excluding carboxylic acids is 1. The first-order chi connectivity index (χ1) is 15.6. The standard InChI is InChI=1S/C24H29N5O3/c1-31-19-11-18(12-20(13-19)32-2)26-24(30)28-10-4-5-16(14-28)15-29-22(17-7-8-17)27-21-6-3-9-25-23(21)29/h3,6,9,11-13,16-17H,4-5,7-8,10,14-15H2,1-2H3,(H,26,30). The second-order valence-electron chi connectivity index (χ2n) is 8.69. The van der Waals surface area contributed by atoms with E-state index < -0.39 is 0 Å². The Labute approximate surface area is 187 Å². The lowest BCUT2D eigenvalue weighted by Crippen LogP contribution is -2.43. The van der Waals surface area contributed by atoms with Crippen molar-refractivity contribution in [3.63, 3.8) is 0 Å². The summed E-state index contributed by atoms with van der Waals surface area (Å²) >= 11 is 0. The van der Waals surface area contributed by atoms with E-state index >= 15 is 0 Å². The molecule has 0 spiro atoms. The van der Waals surface area contributed by atoms with E-state index in [0.29, 0.717) is 35.6 Å². The number of imidazole rings is 1. The van der Waals surface area contributed by atoms with Crippen molar-refractivity contribution >= 4 is 22.9 Å². The quantitative estimate of drug-likeness (QED) is 0.625.